The maximum Gasteiger partial charge on any atom is 0.250 e. The summed E-state index contributed by atoms with van der Waals surface area (Å²) >= 11 is 0. The van der Waals surface area contributed by atoms with Gasteiger partial charge in [0.15, 0.2) is 0 Å². The summed E-state index contributed by atoms with van der Waals surface area (Å²) in [5.41, 5.74) is 2.17. The SMILES string of the molecule is COC1CCCN(C(C)C(=O)NN)C1. The molecule has 0 spiro atoms. The normalized spacial score (nSPS) is 25.8. The van der Waals surface area contributed by atoms with Gasteiger partial charge in [-0.15, -0.1) is 0 Å². The van der Waals surface area contributed by atoms with Gasteiger partial charge in [0.25, 0.3) is 5.91 Å². The van der Waals surface area contributed by atoms with Gasteiger partial charge >= 0.3 is 0 Å². The molecule has 82 valence electrons. The summed E-state index contributed by atoms with van der Waals surface area (Å²) in [4.78, 5) is 13.4. The van der Waals surface area contributed by atoms with Gasteiger partial charge in [-0.05, 0) is 26.3 Å². The first-order valence-electron chi connectivity index (χ1n) is 4.96. The zero-order chi connectivity index (χ0) is 10.6. The molecule has 1 heterocycles. The fourth-order valence-electron chi connectivity index (χ4n) is 1.80. The Hall–Kier alpha value is -0.650. The molecule has 14 heavy (non-hydrogen) atoms. The van der Waals surface area contributed by atoms with E-state index >= 15 is 0 Å². The van der Waals surface area contributed by atoms with E-state index in [2.05, 4.69) is 10.3 Å². The summed E-state index contributed by atoms with van der Waals surface area (Å²) < 4.78 is 5.28. The lowest BCUT2D eigenvalue weighted by molar-refractivity contribution is -0.127. The van der Waals surface area contributed by atoms with Crippen LogP contribution in [0.2, 0.25) is 0 Å². The number of hydrogen-bond acceptors (Lipinski definition) is 4. The van der Waals surface area contributed by atoms with Crippen LogP contribution >= 0.6 is 0 Å². The highest BCUT2D eigenvalue weighted by molar-refractivity contribution is 5.80. The van der Waals surface area contributed by atoms with Gasteiger partial charge in [-0.1, -0.05) is 0 Å². The second-order valence-corrected chi connectivity index (χ2v) is 3.68. The zero-order valence-corrected chi connectivity index (χ0v) is 8.82. The van der Waals surface area contributed by atoms with Crippen LogP contribution in [0.15, 0.2) is 0 Å². The highest BCUT2D eigenvalue weighted by Crippen LogP contribution is 2.14. The predicted octanol–water partition coefficient (Wildman–Crippen LogP) is -0.524. The van der Waals surface area contributed by atoms with Crippen molar-refractivity contribution in [1.82, 2.24) is 10.3 Å². The van der Waals surface area contributed by atoms with Gasteiger partial charge in [0.05, 0.1) is 12.1 Å². The number of rotatable bonds is 3. The number of nitrogens with two attached hydrogens (primary N) is 1. The largest absolute Gasteiger partial charge is 0.380 e. The smallest absolute Gasteiger partial charge is 0.250 e. The highest BCUT2D eigenvalue weighted by atomic mass is 16.5. The van der Waals surface area contributed by atoms with Crippen molar-refractivity contribution in [2.45, 2.75) is 31.9 Å². The lowest BCUT2D eigenvalue weighted by Gasteiger charge is -2.35. The van der Waals surface area contributed by atoms with E-state index in [-0.39, 0.29) is 18.1 Å². The summed E-state index contributed by atoms with van der Waals surface area (Å²) in [5, 5.41) is 0. The van der Waals surface area contributed by atoms with Gasteiger partial charge in [0, 0.05) is 13.7 Å². The van der Waals surface area contributed by atoms with E-state index < -0.39 is 0 Å². The second-order valence-electron chi connectivity index (χ2n) is 3.68. The monoisotopic (exact) mass is 201 g/mol. The first-order chi connectivity index (χ1) is 6.69. The molecule has 0 radical (unpaired) electrons. The van der Waals surface area contributed by atoms with Crippen molar-refractivity contribution in [2.24, 2.45) is 5.84 Å². The van der Waals surface area contributed by atoms with Crippen molar-refractivity contribution in [3.8, 4) is 0 Å². The number of hydrazine groups is 1. The molecular weight excluding hydrogens is 182 g/mol. The topological polar surface area (TPSA) is 67.6 Å². The standard InChI is InChI=1S/C9H19N3O2/c1-7(9(13)11-10)12-5-3-4-8(6-12)14-2/h7-8H,3-6,10H2,1-2H3,(H,11,13). The predicted molar refractivity (Wildman–Crippen MR) is 53.4 cm³/mol. The number of carbonyl (C=O) groups is 1. The van der Waals surface area contributed by atoms with Gasteiger partial charge in [-0.25, -0.2) is 5.84 Å². The number of nitrogens with zero attached hydrogens (tertiary/aromatic N) is 1. The molecule has 0 bridgehead atoms. The number of methoxy groups -OCH3 is 1. The summed E-state index contributed by atoms with van der Waals surface area (Å²) in [6.07, 6.45) is 2.39. The van der Waals surface area contributed by atoms with Crippen LogP contribution in [-0.2, 0) is 9.53 Å². The number of hydrogen-bond donors (Lipinski definition) is 2. The number of amides is 1. The Morgan fingerprint density at radius 3 is 3.00 bits per heavy atom. The Morgan fingerprint density at radius 2 is 2.43 bits per heavy atom. The van der Waals surface area contributed by atoms with E-state index in [1.807, 2.05) is 6.92 Å². The van der Waals surface area contributed by atoms with Crippen molar-refractivity contribution < 1.29 is 9.53 Å². The number of likely N-dealkylation sites (tertiary alicyclic amines) is 1. The van der Waals surface area contributed by atoms with E-state index in [0.717, 1.165) is 25.9 Å². The van der Waals surface area contributed by atoms with E-state index in [9.17, 15) is 4.79 Å². The lowest BCUT2D eigenvalue weighted by Crippen LogP contribution is -2.51. The van der Waals surface area contributed by atoms with E-state index in [1.54, 1.807) is 7.11 Å². The van der Waals surface area contributed by atoms with Crippen LogP contribution in [0.1, 0.15) is 19.8 Å². The first-order valence-corrected chi connectivity index (χ1v) is 4.96. The molecule has 2 unspecified atom stereocenters. The van der Waals surface area contributed by atoms with E-state index in [4.69, 9.17) is 10.6 Å². The second kappa shape index (κ2) is 5.29. The molecule has 1 saturated heterocycles. The third-order valence-electron chi connectivity index (χ3n) is 2.81. The van der Waals surface area contributed by atoms with E-state index in [0.29, 0.717) is 0 Å². The Bertz CT molecular complexity index is 198. The molecule has 1 aliphatic heterocycles. The molecule has 0 aromatic rings. The third-order valence-corrected chi connectivity index (χ3v) is 2.81. The highest BCUT2D eigenvalue weighted by Gasteiger charge is 2.26. The van der Waals surface area contributed by atoms with Gasteiger partial charge in [-0.3, -0.25) is 15.1 Å². The Labute approximate surface area is 84.5 Å². The first kappa shape index (κ1) is 11.4. The number of nitrogens with one attached hydrogen (secondary N) is 1. The van der Waals surface area contributed by atoms with Crippen LogP contribution in [0.4, 0.5) is 0 Å². The molecule has 0 saturated carbocycles. The van der Waals surface area contributed by atoms with Crippen LogP contribution in [0.3, 0.4) is 0 Å². The maximum atomic E-state index is 11.3. The third kappa shape index (κ3) is 2.67. The minimum Gasteiger partial charge on any atom is -0.380 e. The van der Waals surface area contributed by atoms with Crippen LogP contribution in [0, 0.1) is 0 Å². The van der Waals surface area contributed by atoms with Crippen LogP contribution < -0.4 is 11.3 Å². The zero-order valence-electron chi connectivity index (χ0n) is 8.82. The summed E-state index contributed by atoms with van der Waals surface area (Å²) in [5.74, 6) is 4.95. The average molecular weight is 201 g/mol. The van der Waals surface area contributed by atoms with Crippen molar-refractivity contribution in [1.29, 1.82) is 0 Å². The lowest BCUT2D eigenvalue weighted by atomic mass is 10.1. The van der Waals surface area contributed by atoms with Gasteiger partial charge in [0.1, 0.15) is 0 Å². The van der Waals surface area contributed by atoms with Crippen LogP contribution in [0.5, 0.6) is 0 Å². The molecule has 3 N–H and O–H groups in total. The molecule has 1 amide bonds. The minimum absolute atomic E-state index is 0.137. The summed E-state index contributed by atoms with van der Waals surface area (Å²) in [6, 6.07) is -0.169. The van der Waals surface area contributed by atoms with Gasteiger partial charge < -0.3 is 4.74 Å². The molecule has 0 aromatic carbocycles. The molecule has 0 aliphatic carbocycles. The molecule has 1 aliphatic rings. The molecule has 2 atom stereocenters. The minimum atomic E-state index is -0.169. The van der Waals surface area contributed by atoms with Crippen molar-refractivity contribution in [2.75, 3.05) is 20.2 Å². The fraction of sp³-hybridized carbons (Fsp3) is 0.889. The van der Waals surface area contributed by atoms with Gasteiger partial charge in [-0.2, -0.15) is 0 Å². The molecule has 5 nitrogen and oxygen atoms in total. The van der Waals surface area contributed by atoms with Gasteiger partial charge in [0.2, 0.25) is 0 Å². The van der Waals surface area contributed by atoms with Crippen molar-refractivity contribution in [3.63, 3.8) is 0 Å². The quantitative estimate of drug-likeness (QED) is 0.366. The summed E-state index contributed by atoms with van der Waals surface area (Å²) in [6.45, 7) is 3.61. The summed E-state index contributed by atoms with van der Waals surface area (Å²) in [7, 11) is 1.71. The number of carbonyl (C=O) groups excluding carboxylic acids is 1. The maximum absolute atomic E-state index is 11.3. The Morgan fingerprint density at radius 1 is 1.71 bits per heavy atom. The van der Waals surface area contributed by atoms with Crippen molar-refractivity contribution >= 4 is 5.91 Å². The molecular formula is C9H19N3O2. The van der Waals surface area contributed by atoms with E-state index in [1.165, 1.54) is 0 Å². The molecule has 0 aromatic heterocycles. The fourth-order valence-corrected chi connectivity index (χ4v) is 1.80. The number of ether oxygens (including phenoxy) is 1. The molecule has 5 heteroatoms. The van der Waals surface area contributed by atoms with Crippen molar-refractivity contribution in [3.05, 3.63) is 0 Å². The number of piperidine rings is 1. The average Bonchev–Trinajstić information content (AvgIpc) is 2.27. The van der Waals surface area contributed by atoms with Crippen LogP contribution in [-0.4, -0.2) is 43.2 Å². The molecule has 1 rings (SSSR count). The Balaban J connectivity index is 2.46. The van der Waals surface area contributed by atoms with Crippen LogP contribution in [0.25, 0.3) is 0 Å². The molecule has 1 fully saturated rings. The Kier molecular flexibility index (Phi) is 4.31.